The van der Waals surface area contributed by atoms with Gasteiger partial charge in [0.2, 0.25) is 0 Å². The van der Waals surface area contributed by atoms with Gasteiger partial charge in [-0.3, -0.25) is 9.59 Å². The van der Waals surface area contributed by atoms with Crippen LogP contribution >= 0.6 is 11.3 Å². The Hall–Kier alpha value is -2.43. The van der Waals surface area contributed by atoms with Crippen LogP contribution in [-0.4, -0.2) is 49.6 Å². The zero-order chi connectivity index (χ0) is 21.3. The molecule has 0 unspecified atom stereocenters. The molecule has 1 aromatic heterocycles. The van der Waals surface area contributed by atoms with Gasteiger partial charge in [-0.05, 0) is 24.1 Å². The van der Waals surface area contributed by atoms with Gasteiger partial charge in [-0.2, -0.15) is 13.2 Å². The van der Waals surface area contributed by atoms with Crippen molar-refractivity contribution in [2.24, 2.45) is 0 Å². The van der Waals surface area contributed by atoms with Crippen molar-refractivity contribution in [3.05, 3.63) is 51.4 Å². The molecule has 0 spiro atoms. The quantitative estimate of drug-likeness (QED) is 0.793. The highest BCUT2D eigenvalue weighted by Gasteiger charge is 2.36. The Kier molecular flexibility index (Phi) is 5.81. The lowest BCUT2D eigenvalue weighted by Crippen LogP contribution is -2.41. The molecule has 10 heteroatoms. The molecule has 1 saturated heterocycles. The number of halogens is 3. The molecule has 2 aromatic rings. The van der Waals surface area contributed by atoms with E-state index in [1.807, 2.05) is 0 Å². The van der Waals surface area contributed by atoms with Crippen LogP contribution in [0, 0.1) is 0 Å². The number of carbonyl (C=O) groups is 2. The molecular weight excluding hydrogens is 421 g/mol. The first-order valence-corrected chi connectivity index (χ1v) is 10.2. The standard InChI is InChI=1S/C20H19F3N2O4S/c21-20(22,23)14-4-2-1-3-12(14)17(26)24-18-16(13-5-8-29-11-15(13)30-18)19(27)25-6-9-28-10-7-25/h1-4H,5-11H2,(H,24,26). The first-order chi connectivity index (χ1) is 14.4. The number of rotatable bonds is 3. The summed E-state index contributed by atoms with van der Waals surface area (Å²) in [6.07, 6.45) is -4.16. The maximum absolute atomic E-state index is 13.3. The van der Waals surface area contributed by atoms with Crippen molar-refractivity contribution in [3.63, 3.8) is 0 Å². The van der Waals surface area contributed by atoms with Gasteiger partial charge in [-0.1, -0.05) is 12.1 Å². The van der Waals surface area contributed by atoms with Crippen LogP contribution in [0.4, 0.5) is 18.2 Å². The summed E-state index contributed by atoms with van der Waals surface area (Å²) in [4.78, 5) is 28.4. The van der Waals surface area contributed by atoms with Gasteiger partial charge in [0.25, 0.3) is 11.8 Å². The number of carbonyl (C=O) groups excluding carboxylic acids is 2. The predicted molar refractivity (Wildman–Crippen MR) is 104 cm³/mol. The Bertz CT molecular complexity index is 967. The second-order valence-electron chi connectivity index (χ2n) is 6.91. The lowest BCUT2D eigenvalue weighted by atomic mass is 10.0. The number of anilines is 1. The molecule has 1 N–H and O–H groups in total. The molecule has 1 aromatic carbocycles. The van der Waals surface area contributed by atoms with Crippen molar-refractivity contribution in [2.45, 2.75) is 19.2 Å². The van der Waals surface area contributed by atoms with Crippen LogP contribution in [-0.2, 0) is 28.7 Å². The number of alkyl halides is 3. The number of ether oxygens (including phenoxy) is 2. The average molecular weight is 440 g/mol. The van der Waals surface area contributed by atoms with E-state index in [1.165, 1.54) is 23.5 Å². The number of amides is 2. The van der Waals surface area contributed by atoms with Crippen LogP contribution < -0.4 is 5.32 Å². The van der Waals surface area contributed by atoms with Crippen LogP contribution in [0.3, 0.4) is 0 Å². The summed E-state index contributed by atoms with van der Waals surface area (Å²) in [5, 5.41) is 2.82. The number of morpholine rings is 1. The number of nitrogens with one attached hydrogen (secondary N) is 1. The van der Waals surface area contributed by atoms with Crippen LogP contribution in [0.25, 0.3) is 0 Å². The van der Waals surface area contributed by atoms with E-state index in [4.69, 9.17) is 9.47 Å². The lowest BCUT2D eigenvalue weighted by Gasteiger charge is -2.27. The number of hydrogen-bond acceptors (Lipinski definition) is 5. The Morgan fingerprint density at radius 3 is 2.53 bits per heavy atom. The van der Waals surface area contributed by atoms with E-state index in [1.54, 1.807) is 4.90 Å². The van der Waals surface area contributed by atoms with E-state index in [0.717, 1.165) is 22.6 Å². The van der Waals surface area contributed by atoms with Gasteiger partial charge < -0.3 is 19.7 Å². The molecule has 0 bridgehead atoms. The fourth-order valence-corrected chi connectivity index (χ4v) is 4.74. The van der Waals surface area contributed by atoms with Gasteiger partial charge >= 0.3 is 6.18 Å². The fourth-order valence-electron chi connectivity index (χ4n) is 3.57. The maximum Gasteiger partial charge on any atom is 0.417 e. The van der Waals surface area contributed by atoms with Crippen LogP contribution in [0.5, 0.6) is 0 Å². The number of thiophene rings is 1. The topological polar surface area (TPSA) is 67.9 Å². The van der Waals surface area contributed by atoms with Gasteiger partial charge in [0.1, 0.15) is 5.00 Å². The Labute approximate surface area is 174 Å². The highest BCUT2D eigenvalue weighted by molar-refractivity contribution is 7.17. The van der Waals surface area contributed by atoms with Crippen LogP contribution in [0.1, 0.15) is 36.7 Å². The molecule has 2 aliphatic heterocycles. The monoisotopic (exact) mass is 440 g/mol. The molecule has 6 nitrogen and oxygen atoms in total. The second-order valence-corrected chi connectivity index (χ2v) is 8.02. The first-order valence-electron chi connectivity index (χ1n) is 9.43. The van der Waals surface area contributed by atoms with E-state index < -0.39 is 23.2 Å². The minimum atomic E-state index is -4.66. The van der Waals surface area contributed by atoms with Crippen molar-refractivity contribution in [3.8, 4) is 0 Å². The molecule has 0 atom stereocenters. The Morgan fingerprint density at radius 2 is 1.80 bits per heavy atom. The normalized spacial score (nSPS) is 16.8. The summed E-state index contributed by atoms with van der Waals surface area (Å²) in [5.41, 5.74) is -0.370. The number of hydrogen-bond donors (Lipinski definition) is 1. The van der Waals surface area contributed by atoms with Crippen molar-refractivity contribution in [1.82, 2.24) is 4.90 Å². The molecule has 3 heterocycles. The molecule has 4 rings (SSSR count). The summed E-state index contributed by atoms with van der Waals surface area (Å²) in [6.45, 7) is 2.42. The molecule has 0 radical (unpaired) electrons. The largest absolute Gasteiger partial charge is 0.417 e. The zero-order valence-corrected chi connectivity index (χ0v) is 16.7. The summed E-state index contributed by atoms with van der Waals surface area (Å²) in [6, 6.07) is 4.59. The second kappa shape index (κ2) is 8.37. The predicted octanol–water partition coefficient (Wildman–Crippen LogP) is 3.56. The SMILES string of the molecule is O=C(Nc1sc2c(c1C(=O)N1CCOCC1)CCOC2)c1ccccc1C(F)(F)F. The average Bonchev–Trinajstić information content (AvgIpc) is 3.11. The summed E-state index contributed by atoms with van der Waals surface area (Å²) >= 11 is 1.17. The van der Waals surface area contributed by atoms with Crippen LogP contribution in [0.2, 0.25) is 0 Å². The number of benzene rings is 1. The molecule has 0 aliphatic carbocycles. The Morgan fingerprint density at radius 1 is 1.07 bits per heavy atom. The highest BCUT2D eigenvalue weighted by atomic mass is 32.1. The van der Waals surface area contributed by atoms with Crippen molar-refractivity contribution in [2.75, 3.05) is 38.2 Å². The molecule has 2 aliphatic rings. The molecule has 1 fully saturated rings. The summed E-state index contributed by atoms with van der Waals surface area (Å²) in [7, 11) is 0. The highest BCUT2D eigenvalue weighted by Crippen LogP contribution is 2.38. The molecular formula is C20H19F3N2O4S. The van der Waals surface area contributed by atoms with Crippen molar-refractivity contribution < 1.29 is 32.2 Å². The van der Waals surface area contributed by atoms with Gasteiger partial charge in [-0.15, -0.1) is 11.3 Å². The van der Waals surface area contributed by atoms with Crippen LogP contribution in [0.15, 0.2) is 24.3 Å². The number of nitrogens with zero attached hydrogens (tertiary/aromatic N) is 1. The molecule has 2 amide bonds. The Balaban J connectivity index is 1.69. The van der Waals surface area contributed by atoms with E-state index >= 15 is 0 Å². The van der Waals surface area contributed by atoms with E-state index in [-0.39, 0.29) is 10.9 Å². The minimum Gasteiger partial charge on any atom is -0.378 e. The first kappa shape index (κ1) is 20.8. The van der Waals surface area contributed by atoms with Crippen molar-refractivity contribution in [1.29, 1.82) is 0 Å². The summed E-state index contributed by atoms with van der Waals surface area (Å²) < 4.78 is 50.7. The fraction of sp³-hybridized carbons (Fsp3) is 0.400. The van der Waals surface area contributed by atoms with E-state index in [2.05, 4.69) is 5.32 Å². The summed E-state index contributed by atoms with van der Waals surface area (Å²) in [5.74, 6) is -1.16. The van der Waals surface area contributed by atoms with E-state index in [9.17, 15) is 22.8 Å². The van der Waals surface area contributed by atoms with E-state index in [0.29, 0.717) is 51.5 Å². The van der Waals surface area contributed by atoms with Gasteiger partial charge in [0.15, 0.2) is 0 Å². The van der Waals surface area contributed by atoms with Gasteiger partial charge in [-0.25, -0.2) is 0 Å². The lowest BCUT2D eigenvalue weighted by molar-refractivity contribution is -0.137. The molecule has 160 valence electrons. The third-order valence-corrected chi connectivity index (χ3v) is 6.16. The smallest absolute Gasteiger partial charge is 0.378 e. The number of fused-ring (bicyclic) bond motifs is 1. The van der Waals surface area contributed by atoms with Gasteiger partial charge in [0, 0.05) is 18.0 Å². The molecule has 0 saturated carbocycles. The van der Waals surface area contributed by atoms with Gasteiger partial charge in [0.05, 0.1) is 43.1 Å². The van der Waals surface area contributed by atoms with Crippen molar-refractivity contribution >= 4 is 28.2 Å². The zero-order valence-electron chi connectivity index (χ0n) is 15.9. The maximum atomic E-state index is 13.3. The minimum absolute atomic E-state index is 0.253. The third kappa shape index (κ3) is 4.07. The molecule has 30 heavy (non-hydrogen) atoms. The third-order valence-electron chi connectivity index (χ3n) is 5.04.